The quantitative estimate of drug-likeness (QED) is 0.780. The van der Waals surface area contributed by atoms with Crippen molar-refractivity contribution in [3.8, 4) is 5.75 Å². The number of carbonyl (C=O) groups is 2. The topological polar surface area (TPSA) is 88.5 Å². The molecular weight excluding hydrogens is 248 g/mol. The van der Waals surface area contributed by atoms with Crippen molar-refractivity contribution in [2.24, 2.45) is 0 Å². The van der Waals surface area contributed by atoms with Gasteiger partial charge in [0.25, 0.3) is 5.91 Å². The summed E-state index contributed by atoms with van der Waals surface area (Å²) in [6.45, 7) is 3.75. The van der Waals surface area contributed by atoms with E-state index in [-0.39, 0.29) is 29.9 Å². The van der Waals surface area contributed by atoms with Crippen LogP contribution < -0.4 is 10.1 Å². The minimum atomic E-state index is -1.11. The number of hydrogen-bond acceptors (Lipinski definition) is 4. The van der Waals surface area contributed by atoms with Gasteiger partial charge in [0, 0.05) is 12.2 Å². The zero-order valence-electron chi connectivity index (χ0n) is 11.0. The van der Waals surface area contributed by atoms with Crippen molar-refractivity contribution in [3.63, 3.8) is 0 Å². The van der Waals surface area contributed by atoms with E-state index in [2.05, 4.69) is 10.3 Å². The summed E-state index contributed by atoms with van der Waals surface area (Å²) in [6, 6.07) is 1.44. The summed E-state index contributed by atoms with van der Waals surface area (Å²) >= 11 is 0. The van der Waals surface area contributed by atoms with Gasteiger partial charge < -0.3 is 15.2 Å². The van der Waals surface area contributed by atoms with Crippen LogP contribution in [0.2, 0.25) is 0 Å². The van der Waals surface area contributed by atoms with E-state index in [9.17, 15) is 9.59 Å². The number of nitrogens with one attached hydrogen (secondary N) is 1. The number of nitrogens with zero attached hydrogens (tertiary/aromatic N) is 1. The maximum Gasteiger partial charge on any atom is 0.339 e. The lowest BCUT2D eigenvalue weighted by molar-refractivity contribution is -0.123. The molecule has 0 aliphatic heterocycles. The number of aromatic nitrogens is 1. The third-order valence-electron chi connectivity index (χ3n) is 2.72. The predicted octanol–water partition coefficient (Wildman–Crippen LogP) is 1.46. The summed E-state index contributed by atoms with van der Waals surface area (Å²) in [4.78, 5) is 26.3. The Hall–Kier alpha value is -2.11. The molecule has 0 aliphatic carbocycles. The van der Waals surface area contributed by atoms with Crippen LogP contribution in [0.15, 0.2) is 18.5 Å². The fourth-order valence-corrected chi connectivity index (χ4v) is 1.58. The van der Waals surface area contributed by atoms with Gasteiger partial charge in [0.2, 0.25) is 0 Å². The summed E-state index contributed by atoms with van der Waals surface area (Å²) in [6.07, 6.45) is 4.33. The van der Waals surface area contributed by atoms with E-state index in [1.165, 1.54) is 18.5 Å². The zero-order chi connectivity index (χ0) is 14.3. The van der Waals surface area contributed by atoms with Crippen LogP contribution in [0.5, 0.6) is 5.75 Å². The first kappa shape index (κ1) is 14.9. The monoisotopic (exact) mass is 266 g/mol. The van der Waals surface area contributed by atoms with E-state index in [1.807, 2.05) is 13.8 Å². The minimum Gasteiger partial charge on any atom is -0.481 e. The first-order valence-corrected chi connectivity index (χ1v) is 6.17. The first-order chi connectivity index (χ1) is 9.08. The number of hydrogen-bond donors (Lipinski definition) is 2. The molecule has 0 saturated heterocycles. The largest absolute Gasteiger partial charge is 0.481 e. The summed E-state index contributed by atoms with van der Waals surface area (Å²) in [5.41, 5.74) is -0.00895. The number of pyridine rings is 1. The Morgan fingerprint density at radius 3 is 2.68 bits per heavy atom. The van der Waals surface area contributed by atoms with Gasteiger partial charge in [-0.1, -0.05) is 13.8 Å². The highest BCUT2D eigenvalue weighted by atomic mass is 16.5. The molecule has 1 aromatic heterocycles. The van der Waals surface area contributed by atoms with Gasteiger partial charge >= 0.3 is 5.97 Å². The van der Waals surface area contributed by atoms with Gasteiger partial charge in [0.05, 0.1) is 6.20 Å². The van der Waals surface area contributed by atoms with Crippen LogP contribution in [0.1, 0.15) is 37.0 Å². The highest BCUT2D eigenvalue weighted by Crippen LogP contribution is 2.15. The Morgan fingerprint density at radius 1 is 1.42 bits per heavy atom. The number of aromatic carboxylic acids is 1. The lowest BCUT2D eigenvalue weighted by Crippen LogP contribution is -2.37. The van der Waals surface area contributed by atoms with Crippen LogP contribution in [0, 0.1) is 0 Å². The molecule has 0 saturated carbocycles. The van der Waals surface area contributed by atoms with E-state index in [0.717, 1.165) is 12.8 Å². The van der Waals surface area contributed by atoms with E-state index >= 15 is 0 Å². The molecule has 0 bridgehead atoms. The van der Waals surface area contributed by atoms with Crippen molar-refractivity contribution in [2.45, 2.75) is 32.7 Å². The molecule has 0 spiro atoms. The van der Waals surface area contributed by atoms with E-state index in [1.54, 1.807) is 0 Å². The van der Waals surface area contributed by atoms with Crippen LogP contribution in [0.4, 0.5) is 0 Å². The van der Waals surface area contributed by atoms with Crippen molar-refractivity contribution in [1.29, 1.82) is 0 Å². The lowest BCUT2D eigenvalue weighted by Gasteiger charge is -2.15. The summed E-state index contributed by atoms with van der Waals surface area (Å²) in [7, 11) is 0. The van der Waals surface area contributed by atoms with Crippen LogP contribution >= 0.6 is 0 Å². The third kappa shape index (κ3) is 4.57. The molecule has 104 valence electrons. The van der Waals surface area contributed by atoms with Crippen molar-refractivity contribution < 1.29 is 19.4 Å². The van der Waals surface area contributed by atoms with Gasteiger partial charge in [0.1, 0.15) is 5.56 Å². The summed E-state index contributed by atoms with van der Waals surface area (Å²) < 4.78 is 5.19. The van der Waals surface area contributed by atoms with Gasteiger partial charge in [-0.3, -0.25) is 9.78 Å². The highest BCUT2D eigenvalue weighted by Gasteiger charge is 2.13. The fraction of sp³-hybridized carbons (Fsp3) is 0.462. The van der Waals surface area contributed by atoms with E-state index in [0.29, 0.717) is 0 Å². The Bertz CT molecular complexity index is 444. The highest BCUT2D eigenvalue weighted by molar-refractivity contribution is 5.90. The molecular formula is C13H18N2O4. The molecule has 0 radical (unpaired) electrons. The van der Waals surface area contributed by atoms with Gasteiger partial charge in [-0.25, -0.2) is 4.79 Å². The molecule has 19 heavy (non-hydrogen) atoms. The second-order valence-electron chi connectivity index (χ2n) is 4.05. The van der Waals surface area contributed by atoms with E-state index < -0.39 is 5.97 Å². The minimum absolute atomic E-state index is 0.00895. The number of amides is 1. The fourth-order valence-electron chi connectivity index (χ4n) is 1.58. The van der Waals surface area contributed by atoms with E-state index in [4.69, 9.17) is 9.84 Å². The molecule has 0 unspecified atom stereocenters. The zero-order valence-corrected chi connectivity index (χ0v) is 11.0. The molecule has 1 heterocycles. The van der Waals surface area contributed by atoms with Crippen LogP contribution in [0.25, 0.3) is 0 Å². The number of carboxylic acid groups (broad SMARTS) is 1. The molecule has 0 atom stereocenters. The van der Waals surface area contributed by atoms with Gasteiger partial charge in [-0.05, 0) is 18.9 Å². The molecule has 1 aromatic rings. The first-order valence-electron chi connectivity index (χ1n) is 6.17. The maximum absolute atomic E-state index is 11.6. The van der Waals surface area contributed by atoms with Crippen LogP contribution in [-0.4, -0.2) is 34.6 Å². The van der Waals surface area contributed by atoms with Gasteiger partial charge in [-0.2, -0.15) is 0 Å². The second-order valence-corrected chi connectivity index (χ2v) is 4.05. The Labute approximate surface area is 111 Å². The van der Waals surface area contributed by atoms with Crippen LogP contribution in [0.3, 0.4) is 0 Å². The Morgan fingerprint density at radius 2 is 2.11 bits per heavy atom. The Kier molecular flexibility index (Phi) is 5.78. The normalized spacial score (nSPS) is 10.3. The number of rotatable bonds is 7. The smallest absolute Gasteiger partial charge is 0.339 e. The van der Waals surface area contributed by atoms with Crippen molar-refractivity contribution in [3.05, 3.63) is 24.0 Å². The van der Waals surface area contributed by atoms with Crippen LogP contribution in [-0.2, 0) is 4.79 Å². The Balaban J connectivity index is 2.57. The summed E-state index contributed by atoms with van der Waals surface area (Å²) in [5.74, 6) is -1.29. The SMILES string of the molecule is CCC(CC)NC(=O)COc1cnccc1C(=O)O. The number of ether oxygens (including phenoxy) is 1. The standard InChI is InChI=1S/C13H18N2O4/c1-3-9(4-2)15-12(16)8-19-11-7-14-6-5-10(11)13(17)18/h5-7,9H,3-4,8H2,1-2H3,(H,15,16)(H,17,18). The van der Waals surface area contributed by atoms with Gasteiger partial charge in [-0.15, -0.1) is 0 Å². The summed E-state index contributed by atoms with van der Waals surface area (Å²) in [5, 5.41) is 11.7. The molecule has 6 heteroatoms. The molecule has 0 fully saturated rings. The molecule has 2 N–H and O–H groups in total. The van der Waals surface area contributed by atoms with Crippen molar-refractivity contribution >= 4 is 11.9 Å². The van der Waals surface area contributed by atoms with Crippen molar-refractivity contribution in [2.75, 3.05) is 6.61 Å². The average Bonchev–Trinajstić information content (AvgIpc) is 2.42. The maximum atomic E-state index is 11.6. The number of carboxylic acids is 1. The second kappa shape index (κ2) is 7.35. The average molecular weight is 266 g/mol. The third-order valence-corrected chi connectivity index (χ3v) is 2.72. The molecule has 0 aliphatic rings. The number of carbonyl (C=O) groups excluding carboxylic acids is 1. The molecule has 0 aromatic carbocycles. The van der Waals surface area contributed by atoms with Gasteiger partial charge in [0.15, 0.2) is 12.4 Å². The lowest BCUT2D eigenvalue weighted by atomic mass is 10.2. The molecule has 1 rings (SSSR count). The predicted molar refractivity (Wildman–Crippen MR) is 69.2 cm³/mol. The van der Waals surface area contributed by atoms with Crippen molar-refractivity contribution in [1.82, 2.24) is 10.3 Å². The molecule has 1 amide bonds. The molecule has 6 nitrogen and oxygen atoms in total.